The van der Waals surface area contributed by atoms with E-state index in [1.54, 1.807) is 42.5 Å². The number of rotatable bonds is 6. The van der Waals surface area contributed by atoms with E-state index in [0.717, 1.165) is 15.7 Å². The van der Waals surface area contributed by atoms with Crippen molar-refractivity contribution in [2.45, 2.75) is 0 Å². The molecule has 4 rings (SSSR count). The van der Waals surface area contributed by atoms with Crippen molar-refractivity contribution in [2.24, 2.45) is 4.99 Å². The molecule has 2 N–H and O–H groups in total. The van der Waals surface area contributed by atoms with Crippen molar-refractivity contribution in [3.8, 4) is 5.75 Å². The Morgan fingerprint density at radius 2 is 1.76 bits per heavy atom. The maximum atomic E-state index is 12.3. The highest BCUT2D eigenvalue weighted by Crippen LogP contribution is 2.29. The summed E-state index contributed by atoms with van der Waals surface area (Å²) >= 11 is 10.5. The van der Waals surface area contributed by atoms with Gasteiger partial charge in [0, 0.05) is 15.2 Å². The van der Waals surface area contributed by atoms with Gasteiger partial charge >= 0.3 is 0 Å². The molecule has 1 fully saturated rings. The second kappa shape index (κ2) is 10.7. The van der Waals surface area contributed by atoms with E-state index in [4.69, 9.17) is 16.3 Å². The van der Waals surface area contributed by atoms with Crippen LogP contribution in [0.1, 0.15) is 5.56 Å². The summed E-state index contributed by atoms with van der Waals surface area (Å²) in [6, 6.07) is 21.5. The molecule has 0 spiro atoms. The van der Waals surface area contributed by atoms with Crippen LogP contribution in [-0.2, 0) is 9.59 Å². The second-order valence-corrected chi connectivity index (χ2v) is 9.25. The van der Waals surface area contributed by atoms with Gasteiger partial charge in [-0.1, -0.05) is 39.7 Å². The average molecular weight is 543 g/mol. The number of aliphatic imine (C=N–C) groups is 1. The number of amidine groups is 1. The highest BCUT2D eigenvalue weighted by atomic mass is 79.9. The molecule has 0 unspecified atom stereocenters. The molecular weight excluding hydrogens is 526 g/mol. The monoisotopic (exact) mass is 541 g/mol. The Kier molecular flexibility index (Phi) is 7.49. The number of thioether (sulfide) groups is 1. The quantitative estimate of drug-likeness (QED) is 0.374. The SMILES string of the molecule is O=C(COc1ccc(/C=C2\SC(=Nc3ccc(Br)cc3)NC2=O)cc1)Nc1ccc(Cl)cc1. The summed E-state index contributed by atoms with van der Waals surface area (Å²) in [6.07, 6.45) is 1.78. The predicted octanol–water partition coefficient (Wildman–Crippen LogP) is 6.01. The van der Waals surface area contributed by atoms with Crippen LogP contribution in [0, 0.1) is 0 Å². The van der Waals surface area contributed by atoms with Gasteiger partial charge in [0.1, 0.15) is 5.75 Å². The fourth-order valence-electron chi connectivity index (χ4n) is 2.80. The number of hydrogen-bond acceptors (Lipinski definition) is 5. The van der Waals surface area contributed by atoms with Crippen LogP contribution in [0.15, 0.2) is 87.2 Å². The maximum Gasteiger partial charge on any atom is 0.264 e. The van der Waals surface area contributed by atoms with Crippen LogP contribution < -0.4 is 15.4 Å². The fourth-order valence-corrected chi connectivity index (χ4v) is 4.04. The van der Waals surface area contributed by atoms with Crippen LogP contribution in [0.2, 0.25) is 5.02 Å². The van der Waals surface area contributed by atoms with Crippen molar-refractivity contribution in [1.29, 1.82) is 0 Å². The van der Waals surface area contributed by atoms with Gasteiger partial charge in [0.05, 0.1) is 10.6 Å². The van der Waals surface area contributed by atoms with Crippen molar-refractivity contribution < 1.29 is 14.3 Å². The minimum atomic E-state index is -0.278. The van der Waals surface area contributed by atoms with E-state index >= 15 is 0 Å². The molecule has 9 heteroatoms. The van der Waals surface area contributed by atoms with Gasteiger partial charge in [0.25, 0.3) is 11.8 Å². The largest absolute Gasteiger partial charge is 0.484 e. The number of hydrogen-bond donors (Lipinski definition) is 2. The third-order valence-corrected chi connectivity index (χ3v) is 6.07. The normalized spacial score (nSPS) is 15.5. The molecule has 0 atom stereocenters. The first-order valence-electron chi connectivity index (χ1n) is 9.78. The second-order valence-electron chi connectivity index (χ2n) is 6.87. The Labute approximate surface area is 208 Å². The van der Waals surface area contributed by atoms with Gasteiger partial charge in [-0.05, 0) is 84.1 Å². The average Bonchev–Trinajstić information content (AvgIpc) is 3.15. The van der Waals surface area contributed by atoms with E-state index in [1.807, 2.05) is 36.4 Å². The van der Waals surface area contributed by atoms with Crippen molar-refractivity contribution in [3.63, 3.8) is 0 Å². The molecule has 1 heterocycles. The molecule has 0 bridgehead atoms. The lowest BCUT2D eigenvalue weighted by atomic mass is 10.2. The lowest BCUT2D eigenvalue weighted by molar-refractivity contribution is -0.118. The first kappa shape index (κ1) is 23.1. The van der Waals surface area contributed by atoms with Crippen molar-refractivity contribution in [3.05, 3.63) is 92.8 Å². The molecule has 0 radical (unpaired) electrons. The van der Waals surface area contributed by atoms with Crippen LogP contribution in [0.3, 0.4) is 0 Å². The topological polar surface area (TPSA) is 79.8 Å². The zero-order chi connectivity index (χ0) is 23.2. The standard InChI is InChI=1S/C24H17BrClN3O3S/c25-16-3-7-19(8-4-16)28-24-29-23(31)21(33-24)13-15-1-11-20(12-2-15)32-14-22(30)27-18-9-5-17(26)6-10-18/h1-13H,14H2,(H,27,30)(H,28,29,31)/b21-13-. The Bertz CT molecular complexity index is 1230. The number of nitrogens with one attached hydrogen (secondary N) is 2. The van der Waals surface area contributed by atoms with Crippen LogP contribution in [0.5, 0.6) is 5.75 Å². The lowest BCUT2D eigenvalue weighted by Gasteiger charge is -2.08. The third-order valence-electron chi connectivity index (χ3n) is 4.38. The van der Waals surface area contributed by atoms with Gasteiger partial charge in [-0.25, -0.2) is 4.99 Å². The summed E-state index contributed by atoms with van der Waals surface area (Å²) in [5.74, 6) is 0.0691. The molecule has 1 aliphatic heterocycles. The van der Waals surface area contributed by atoms with Crippen LogP contribution in [-0.4, -0.2) is 23.6 Å². The number of anilines is 1. The summed E-state index contributed by atoms with van der Waals surface area (Å²) in [5.41, 5.74) is 2.23. The third kappa shape index (κ3) is 6.71. The molecule has 3 aromatic rings. The molecule has 33 heavy (non-hydrogen) atoms. The molecule has 3 aromatic carbocycles. The van der Waals surface area contributed by atoms with Gasteiger partial charge in [-0.3, -0.25) is 9.59 Å². The Morgan fingerprint density at radius 3 is 2.45 bits per heavy atom. The molecule has 0 aliphatic carbocycles. The van der Waals surface area contributed by atoms with Crippen molar-refractivity contribution in [1.82, 2.24) is 5.32 Å². The minimum absolute atomic E-state index is 0.128. The molecule has 1 aliphatic rings. The van der Waals surface area contributed by atoms with Gasteiger partial charge < -0.3 is 15.4 Å². The number of ether oxygens (including phenoxy) is 1. The molecular formula is C24H17BrClN3O3S. The van der Waals surface area contributed by atoms with E-state index < -0.39 is 0 Å². The van der Waals surface area contributed by atoms with Crippen LogP contribution >= 0.6 is 39.3 Å². The van der Waals surface area contributed by atoms with Gasteiger partial charge in [0.15, 0.2) is 11.8 Å². The number of amides is 2. The minimum Gasteiger partial charge on any atom is -0.484 e. The molecule has 166 valence electrons. The zero-order valence-electron chi connectivity index (χ0n) is 17.0. The van der Waals surface area contributed by atoms with Gasteiger partial charge in [-0.15, -0.1) is 0 Å². The van der Waals surface area contributed by atoms with E-state index in [1.165, 1.54) is 11.8 Å². The molecule has 6 nitrogen and oxygen atoms in total. The first-order chi connectivity index (χ1) is 15.9. The maximum absolute atomic E-state index is 12.3. The predicted molar refractivity (Wildman–Crippen MR) is 137 cm³/mol. The fraction of sp³-hybridized carbons (Fsp3) is 0.0417. The Balaban J connectivity index is 1.33. The number of halogens is 2. The molecule has 0 aromatic heterocycles. The Hall–Kier alpha value is -3.07. The Morgan fingerprint density at radius 1 is 1.06 bits per heavy atom. The number of benzene rings is 3. The summed E-state index contributed by atoms with van der Waals surface area (Å²) in [7, 11) is 0. The van der Waals surface area contributed by atoms with E-state index in [2.05, 4.69) is 31.6 Å². The molecule has 2 amide bonds. The lowest BCUT2D eigenvalue weighted by Crippen LogP contribution is -2.20. The number of carbonyl (C=O) groups is 2. The smallest absolute Gasteiger partial charge is 0.264 e. The van der Waals surface area contributed by atoms with E-state index in [-0.39, 0.29) is 18.4 Å². The highest BCUT2D eigenvalue weighted by molar-refractivity contribution is 9.10. The zero-order valence-corrected chi connectivity index (χ0v) is 20.2. The van der Waals surface area contributed by atoms with Gasteiger partial charge in [0.2, 0.25) is 0 Å². The van der Waals surface area contributed by atoms with E-state index in [0.29, 0.717) is 26.5 Å². The summed E-state index contributed by atoms with van der Waals surface area (Å²) in [6.45, 7) is -0.128. The highest BCUT2D eigenvalue weighted by Gasteiger charge is 2.23. The van der Waals surface area contributed by atoms with Crippen molar-refractivity contribution in [2.75, 3.05) is 11.9 Å². The van der Waals surface area contributed by atoms with Gasteiger partial charge in [-0.2, -0.15) is 0 Å². The molecule has 1 saturated heterocycles. The number of nitrogens with zero attached hydrogens (tertiary/aromatic N) is 1. The van der Waals surface area contributed by atoms with Crippen molar-refractivity contribution >= 4 is 73.7 Å². The van der Waals surface area contributed by atoms with Crippen LogP contribution in [0.4, 0.5) is 11.4 Å². The van der Waals surface area contributed by atoms with Crippen LogP contribution in [0.25, 0.3) is 6.08 Å². The first-order valence-corrected chi connectivity index (χ1v) is 11.8. The summed E-state index contributed by atoms with van der Waals surface area (Å²) in [4.78, 5) is 29.3. The molecule has 0 saturated carbocycles. The summed E-state index contributed by atoms with van der Waals surface area (Å²) in [5, 5.41) is 6.63. The van der Waals surface area contributed by atoms with E-state index in [9.17, 15) is 9.59 Å². The number of carbonyl (C=O) groups excluding carboxylic acids is 2. The summed E-state index contributed by atoms with van der Waals surface area (Å²) < 4.78 is 6.50.